The van der Waals surface area contributed by atoms with Crippen LogP contribution >= 0.6 is 11.6 Å². The molecular formula is C17H19ClN2O2. The van der Waals surface area contributed by atoms with E-state index in [4.69, 9.17) is 16.3 Å². The third kappa shape index (κ3) is 5.37. The van der Waals surface area contributed by atoms with Gasteiger partial charge in [-0.25, -0.2) is 4.98 Å². The second kappa shape index (κ2) is 8.39. The van der Waals surface area contributed by atoms with Crippen molar-refractivity contribution in [2.24, 2.45) is 0 Å². The fraction of sp³-hybridized carbons (Fsp3) is 0.294. The molecule has 1 N–H and O–H groups in total. The summed E-state index contributed by atoms with van der Waals surface area (Å²) in [5.74, 6) is 0.741. The summed E-state index contributed by atoms with van der Waals surface area (Å²) in [6.07, 6.45) is 3.26. The number of benzene rings is 1. The molecular weight excluding hydrogens is 300 g/mol. The van der Waals surface area contributed by atoms with E-state index in [0.29, 0.717) is 23.9 Å². The molecule has 4 nitrogen and oxygen atoms in total. The zero-order valence-electron chi connectivity index (χ0n) is 12.5. The molecule has 1 heterocycles. The van der Waals surface area contributed by atoms with Crippen molar-refractivity contribution < 1.29 is 9.53 Å². The summed E-state index contributed by atoms with van der Waals surface area (Å²) in [5, 5.41) is 3.17. The lowest BCUT2D eigenvalue weighted by Crippen LogP contribution is -2.24. The van der Waals surface area contributed by atoms with Gasteiger partial charge in [-0.15, -0.1) is 0 Å². The number of halogens is 1. The van der Waals surface area contributed by atoms with Crippen LogP contribution in [-0.2, 0) is 0 Å². The Morgan fingerprint density at radius 1 is 1.23 bits per heavy atom. The predicted octanol–water partition coefficient (Wildman–Crippen LogP) is 3.63. The van der Waals surface area contributed by atoms with Crippen molar-refractivity contribution in [3.63, 3.8) is 0 Å². The van der Waals surface area contributed by atoms with Crippen molar-refractivity contribution in [1.82, 2.24) is 10.3 Å². The van der Waals surface area contributed by atoms with Gasteiger partial charge in [-0.3, -0.25) is 4.79 Å². The number of carbonyl (C=O) groups excluding carboxylic acids is 1. The summed E-state index contributed by atoms with van der Waals surface area (Å²) in [7, 11) is 0. The van der Waals surface area contributed by atoms with E-state index in [2.05, 4.69) is 10.3 Å². The monoisotopic (exact) mass is 318 g/mol. The lowest BCUT2D eigenvalue weighted by molar-refractivity contribution is 0.0952. The van der Waals surface area contributed by atoms with E-state index in [-0.39, 0.29) is 5.91 Å². The van der Waals surface area contributed by atoms with Crippen molar-refractivity contribution in [2.45, 2.75) is 19.8 Å². The lowest BCUT2D eigenvalue weighted by Gasteiger charge is -2.07. The van der Waals surface area contributed by atoms with Crippen LogP contribution < -0.4 is 10.1 Å². The molecule has 2 rings (SSSR count). The van der Waals surface area contributed by atoms with Gasteiger partial charge in [0.15, 0.2) is 0 Å². The molecule has 22 heavy (non-hydrogen) atoms. The maximum atomic E-state index is 11.9. The summed E-state index contributed by atoms with van der Waals surface area (Å²) in [6.45, 7) is 3.29. The molecule has 5 heteroatoms. The number of nitrogens with zero attached hydrogens (tertiary/aromatic N) is 1. The molecule has 0 fully saturated rings. The van der Waals surface area contributed by atoms with Crippen LogP contribution in [0.1, 0.15) is 28.8 Å². The van der Waals surface area contributed by atoms with Crippen LogP contribution in [0.4, 0.5) is 0 Å². The second-order valence-corrected chi connectivity index (χ2v) is 5.38. The average Bonchev–Trinajstić information content (AvgIpc) is 2.52. The normalized spacial score (nSPS) is 10.3. The van der Waals surface area contributed by atoms with Crippen molar-refractivity contribution >= 4 is 17.5 Å². The minimum absolute atomic E-state index is 0.135. The van der Waals surface area contributed by atoms with E-state index in [1.165, 1.54) is 11.8 Å². The van der Waals surface area contributed by atoms with Crippen LogP contribution in [0.3, 0.4) is 0 Å². The topological polar surface area (TPSA) is 51.2 Å². The third-order valence-corrected chi connectivity index (χ3v) is 3.34. The first kappa shape index (κ1) is 16.3. The number of amides is 1. The molecule has 0 saturated heterocycles. The molecule has 0 bridgehead atoms. The maximum Gasteiger partial charge on any atom is 0.251 e. The highest BCUT2D eigenvalue weighted by Crippen LogP contribution is 2.11. The van der Waals surface area contributed by atoms with Crippen LogP contribution in [0.2, 0.25) is 5.15 Å². The van der Waals surface area contributed by atoms with Gasteiger partial charge in [0.2, 0.25) is 0 Å². The number of hydrogen-bond donors (Lipinski definition) is 1. The van der Waals surface area contributed by atoms with Gasteiger partial charge >= 0.3 is 0 Å². The lowest BCUT2D eigenvalue weighted by atomic mass is 10.2. The minimum atomic E-state index is -0.135. The Hall–Kier alpha value is -2.07. The predicted molar refractivity (Wildman–Crippen MR) is 87.5 cm³/mol. The van der Waals surface area contributed by atoms with Crippen LogP contribution in [-0.4, -0.2) is 24.0 Å². The molecule has 0 atom stereocenters. The van der Waals surface area contributed by atoms with E-state index in [0.717, 1.165) is 18.6 Å². The van der Waals surface area contributed by atoms with Gasteiger partial charge in [-0.05, 0) is 44.0 Å². The largest absolute Gasteiger partial charge is 0.494 e. The SMILES string of the molecule is Cc1ccc(OCCCCNC(=O)c2ccnc(Cl)c2)cc1. The number of rotatable bonds is 7. The van der Waals surface area contributed by atoms with E-state index in [1.807, 2.05) is 31.2 Å². The third-order valence-electron chi connectivity index (χ3n) is 3.14. The van der Waals surface area contributed by atoms with E-state index in [9.17, 15) is 4.79 Å². The van der Waals surface area contributed by atoms with Gasteiger partial charge in [0.25, 0.3) is 5.91 Å². The van der Waals surface area contributed by atoms with Crippen LogP contribution in [0.15, 0.2) is 42.6 Å². The fourth-order valence-electron chi connectivity index (χ4n) is 1.90. The Morgan fingerprint density at radius 2 is 2.00 bits per heavy atom. The van der Waals surface area contributed by atoms with Gasteiger partial charge in [-0.1, -0.05) is 29.3 Å². The van der Waals surface area contributed by atoms with Gasteiger partial charge in [0.05, 0.1) is 6.61 Å². The Balaban J connectivity index is 1.61. The van der Waals surface area contributed by atoms with Crippen molar-refractivity contribution in [1.29, 1.82) is 0 Å². The van der Waals surface area contributed by atoms with E-state index in [1.54, 1.807) is 12.1 Å². The average molecular weight is 319 g/mol. The van der Waals surface area contributed by atoms with Gasteiger partial charge in [0, 0.05) is 18.3 Å². The standard InChI is InChI=1S/C17H19ClN2O2/c1-13-4-6-15(7-5-13)22-11-3-2-9-20-17(21)14-8-10-19-16(18)12-14/h4-8,10,12H,2-3,9,11H2,1H3,(H,20,21). The highest BCUT2D eigenvalue weighted by molar-refractivity contribution is 6.29. The summed E-state index contributed by atoms with van der Waals surface area (Å²) in [5.41, 5.74) is 1.74. The number of carbonyl (C=O) groups is 1. The van der Waals surface area contributed by atoms with Crippen LogP contribution in [0.5, 0.6) is 5.75 Å². The van der Waals surface area contributed by atoms with Crippen LogP contribution in [0, 0.1) is 6.92 Å². The molecule has 0 saturated carbocycles. The Kier molecular flexibility index (Phi) is 6.22. The molecule has 2 aromatic rings. The first-order chi connectivity index (χ1) is 10.6. The molecule has 0 spiro atoms. The number of nitrogens with one attached hydrogen (secondary N) is 1. The Labute approximate surface area is 135 Å². The molecule has 1 amide bonds. The first-order valence-electron chi connectivity index (χ1n) is 7.24. The molecule has 0 unspecified atom stereocenters. The number of pyridine rings is 1. The number of aromatic nitrogens is 1. The summed E-state index contributed by atoms with van der Waals surface area (Å²) < 4.78 is 5.63. The van der Waals surface area contributed by atoms with Gasteiger partial charge < -0.3 is 10.1 Å². The Morgan fingerprint density at radius 3 is 2.73 bits per heavy atom. The molecule has 116 valence electrons. The first-order valence-corrected chi connectivity index (χ1v) is 7.62. The zero-order chi connectivity index (χ0) is 15.8. The van der Waals surface area contributed by atoms with Crippen molar-refractivity contribution in [2.75, 3.05) is 13.2 Å². The van der Waals surface area contributed by atoms with E-state index < -0.39 is 0 Å². The van der Waals surface area contributed by atoms with Gasteiger partial charge in [0.1, 0.15) is 10.9 Å². The summed E-state index contributed by atoms with van der Waals surface area (Å²) in [6, 6.07) is 11.2. The summed E-state index contributed by atoms with van der Waals surface area (Å²) in [4.78, 5) is 15.7. The smallest absolute Gasteiger partial charge is 0.251 e. The van der Waals surface area contributed by atoms with Gasteiger partial charge in [-0.2, -0.15) is 0 Å². The highest BCUT2D eigenvalue weighted by Gasteiger charge is 2.05. The highest BCUT2D eigenvalue weighted by atomic mass is 35.5. The molecule has 1 aromatic carbocycles. The van der Waals surface area contributed by atoms with E-state index >= 15 is 0 Å². The number of ether oxygens (including phenoxy) is 1. The second-order valence-electron chi connectivity index (χ2n) is 4.99. The van der Waals surface area contributed by atoms with Crippen LogP contribution in [0.25, 0.3) is 0 Å². The Bertz CT molecular complexity index is 614. The molecule has 0 aliphatic carbocycles. The number of unbranched alkanes of at least 4 members (excludes halogenated alkanes) is 1. The molecule has 0 aliphatic heterocycles. The molecule has 0 aliphatic rings. The zero-order valence-corrected chi connectivity index (χ0v) is 13.3. The fourth-order valence-corrected chi connectivity index (χ4v) is 2.07. The summed E-state index contributed by atoms with van der Waals surface area (Å²) >= 11 is 5.75. The van der Waals surface area contributed by atoms with Crippen molar-refractivity contribution in [3.05, 3.63) is 58.9 Å². The minimum Gasteiger partial charge on any atom is -0.494 e. The van der Waals surface area contributed by atoms with Crippen molar-refractivity contribution in [3.8, 4) is 5.75 Å². The maximum absolute atomic E-state index is 11.9. The molecule has 0 radical (unpaired) electrons. The number of aryl methyl sites for hydroxylation is 1. The number of hydrogen-bond acceptors (Lipinski definition) is 3. The quantitative estimate of drug-likeness (QED) is 0.626. The molecule has 1 aromatic heterocycles.